The highest BCUT2D eigenvalue weighted by atomic mass is 16.2. The highest BCUT2D eigenvalue weighted by Crippen LogP contribution is 2.34. The number of amides is 1. The number of rotatable bonds is 0. The molecule has 0 radical (unpaired) electrons. The summed E-state index contributed by atoms with van der Waals surface area (Å²) >= 11 is 0. The van der Waals surface area contributed by atoms with Crippen LogP contribution in [0.2, 0.25) is 0 Å². The summed E-state index contributed by atoms with van der Waals surface area (Å²) in [6.45, 7) is 2.62. The average Bonchev–Trinajstić information content (AvgIpc) is 2.17. The number of nitrogens with zero attached hydrogens (tertiary/aromatic N) is 1. The van der Waals surface area contributed by atoms with E-state index in [1.165, 1.54) is 31.4 Å². The van der Waals surface area contributed by atoms with Crippen LogP contribution in [0.3, 0.4) is 0 Å². The number of piperidine rings is 1. The van der Waals surface area contributed by atoms with E-state index in [1.54, 1.807) is 6.92 Å². The molecule has 1 atom stereocenters. The molecule has 2 heteroatoms. The Labute approximate surface area is 79.6 Å². The number of hydrogen-bond donors (Lipinski definition) is 0. The molecule has 1 saturated heterocycles. The lowest BCUT2D eigenvalue weighted by Crippen LogP contribution is -2.37. The Morgan fingerprint density at radius 2 is 2.23 bits per heavy atom. The van der Waals surface area contributed by atoms with Gasteiger partial charge in [-0.3, -0.25) is 4.79 Å². The summed E-state index contributed by atoms with van der Waals surface area (Å²) in [6.07, 6.45) is 8.50. The van der Waals surface area contributed by atoms with Gasteiger partial charge in [0.1, 0.15) is 0 Å². The van der Waals surface area contributed by atoms with Gasteiger partial charge in [-0.2, -0.15) is 0 Å². The van der Waals surface area contributed by atoms with Crippen LogP contribution < -0.4 is 0 Å². The quantitative estimate of drug-likeness (QED) is 0.559. The van der Waals surface area contributed by atoms with Crippen molar-refractivity contribution < 1.29 is 4.79 Å². The molecule has 1 heterocycles. The second kappa shape index (κ2) is 3.52. The Bertz CT molecular complexity index is 244. The Morgan fingerprint density at radius 1 is 1.46 bits per heavy atom. The molecule has 0 aromatic heterocycles. The molecule has 2 rings (SSSR count). The number of fused-ring (bicyclic) bond motifs is 1. The van der Waals surface area contributed by atoms with Crippen LogP contribution in [0, 0.1) is 5.92 Å². The Kier molecular flexibility index (Phi) is 2.38. The monoisotopic (exact) mass is 179 g/mol. The topological polar surface area (TPSA) is 20.3 Å². The number of allylic oxidation sites excluding steroid dienone is 2. The van der Waals surface area contributed by atoms with E-state index in [0.717, 1.165) is 13.0 Å². The lowest BCUT2D eigenvalue weighted by atomic mass is 9.85. The number of hydrogen-bond acceptors (Lipinski definition) is 1. The molecule has 1 unspecified atom stereocenters. The van der Waals surface area contributed by atoms with Gasteiger partial charge in [0, 0.05) is 19.2 Å². The van der Waals surface area contributed by atoms with E-state index in [0.29, 0.717) is 5.92 Å². The smallest absolute Gasteiger partial charge is 0.223 e. The van der Waals surface area contributed by atoms with E-state index < -0.39 is 0 Å². The fourth-order valence-electron chi connectivity index (χ4n) is 2.52. The van der Waals surface area contributed by atoms with Crippen LogP contribution in [-0.4, -0.2) is 17.4 Å². The molecule has 1 aliphatic heterocycles. The predicted molar refractivity (Wildman–Crippen MR) is 52.0 cm³/mol. The third-order valence-electron chi connectivity index (χ3n) is 3.15. The van der Waals surface area contributed by atoms with Gasteiger partial charge in [-0.25, -0.2) is 0 Å². The Morgan fingerprint density at radius 3 is 3.00 bits per heavy atom. The first-order valence-electron chi connectivity index (χ1n) is 5.27. The van der Waals surface area contributed by atoms with Crippen LogP contribution in [0.15, 0.2) is 11.8 Å². The van der Waals surface area contributed by atoms with E-state index in [1.807, 2.05) is 4.90 Å². The zero-order valence-corrected chi connectivity index (χ0v) is 8.25. The zero-order valence-electron chi connectivity index (χ0n) is 8.25. The van der Waals surface area contributed by atoms with Crippen molar-refractivity contribution in [2.45, 2.75) is 39.0 Å². The SMILES string of the molecule is CC(=O)N1CCCC2CCCC=C21. The molecule has 0 aromatic rings. The molecule has 0 aromatic carbocycles. The fraction of sp³-hybridized carbons (Fsp3) is 0.727. The van der Waals surface area contributed by atoms with Crippen LogP contribution >= 0.6 is 0 Å². The minimum Gasteiger partial charge on any atom is -0.316 e. The third kappa shape index (κ3) is 1.62. The molecular weight excluding hydrogens is 162 g/mol. The molecule has 13 heavy (non-hydrogen) atoms. The fourth-order valence-corrected chi connectivity index (χ4v) is 2.52. The molecule has 1 aliphatic carbocycles. The molecule has 1 amide bonds. The molecule has 0 saturated carbocycles. The maximum atomic E-state index is 11.3. The van der Waals surface area contributed by atoms with Gasteiger partial charge in [-0.05, 0) is 38.0 Å². The van der Waals surface area contributed by atoms with Crippen molar-refractivity contribution in [3.8, 4) is 0 Å². The Balaban J connectivity index is 2.19. The minimum absolute atomic E-state index is 0.220. The summed E-state index contributed by atoms with van der Waals surface area (Å²) in [5, 5.41) is 0. The highest BCUT2D eigenvalue weighted by Gasteiger charge is 2.28. The number of carbonyl (C=O) groups excluding carboxylic acids is 1. The molecule has 0 N–H and O–H groups in total. The summed E-state index contributed by atoms with van der Waals surface area (Å²) in [5.41, 5.74) is 1.32. The van der Waals surface area contributed by atoms with Crippen molar-refractivity contribution in [3.05, 3.63) is 11.8 Å². The van der Waals surface area contributed by atoms with Gasteiger partial charge in [-0.15, -0.1) is 0 Å². The van der Waals surface area contributed by atoms with Gasteiger partial charge in [0.15, 0.2) is 0 Å². The molecule has 72 valence electrons. The van der Waals surface area contributed by atoms with E-state index >= 15 is 0 Å². The second-order valence-corrected chi connectivity index (χ2v) is 4.07. The summed E-state index contributed by atoms with van der Waals surface area (Å²) in [4.78, 5) is 13.3. The third-order valence-corrected chi connectivity index (χ3v) is 3.15. The number of carbonyl (C=O) groups is 1. The lowest BCUT2D eigenvalue weighted by Gasteiger charge is -2.37. The standard InChI is InChI=1S/C11H17NO/c1-9(13)12-8-4-6-10-5-2-3-7-11(10)12/h7,10H,2-6,8H2,1H3. The summed E-state index contributed by atoms with van der Waals surface area (Å²) < 4.78 is 0. The molecule has 2 aliphatic rings. The molecule has 1 fully saturated rings. The summed E-state index contributed by atoms with van der Waals surface area (Å²) in [7, 11) is 0. The van der Waals surface area contributed by atoms with Crippen LogP contribution in [0.25, 0.3) is 0 Å². The van der Waals surface area contributed by atoms with Crippen molar-refractivity contribution in [3.63, 3.8) is 0 Å². The molecule has 2 nitrogen and oxygen atoms in total. The maximum absolute atomic E-state index is 11.3. The van der Waals surface area contributed by atoms with Crippen molar-refractivity contribution in [1.29, 1.82) is 0 Å². The van der Waals surface area contributed by atoms with Gasteiger partial charge in [0.25, 0.3) is 0 Å². The van der Waals surface area contributed by atoms with Crippen LogP contribution in [0.5, 0.6) is 0 Å². The van der Waals surface area contributed by atoms with Crippen molar-refractivity contribution in [2.75, 3.05) is 6.54 Å². The van der Waals surface area contributed by atoms with Gasteiger partial charge in [0.2, 0.25) is 5.91 Å². The first-order valence-corrected chi connectivity index (χ1v) is 5.27. The lowest BCUT2D eigenvalue weighted by molar-refractivity contribution is -0.128. The Hall–Kier alpha value is -0.790. The zero-order chi connectivity index (χ0) is 9.26. The van der Waals surface area contributed by atoms with Crippen molar-refractivity contribution in [2.24, 2.45) is 5.92 Å². The molecule has 0 spiro atoms. The highest BCUT2D eigenvalue weighted by molar-refractivity contribution is 5.75. The summed E-state index contributed by atoms with van der Waals surface area (Å²) in [6, 6.07) is 0. The van der Waals surface area contributed by atoms with Gasteiger partial charge < -0.3 is 4.90 Å². The van der Waals surface area contributed by atoms with Crippen molar-refractivity contribution >= 4 is 5.91 Å². The average molecular weight is 179 g/mol. The minimum atomic E-state index is 0.220. The van der Waals surface area contributed by atoms with Gasteiger partial charge >= 0.3 is 0 Å². The first-order chi connectivity index (χ1) is 6.29. The summed E-state index contributed by atoms with van der Waals surface area (Å²) in [5.74, 6) is 0.907. The number of likely N-dealkylation sites (tertiary alicyclic amines) is 1. The van der Waals surface area contributed by atoms with Crippen LogP contribution in [0.4, 0.5) is 0 Å². The maximum Gasteiger partial charge on any atom is 0.223 e. The van der Waals surface area contributed by atoms with E-state index in [4.69, 9.17) is 0 Å². The van der Waals surface area contributed by atoms with Gasteiger partial charge in [-0.1, -0.05) is 6.08 Å². The largest absolute Gasteiger partial charge is 0.316 e. The van der Waals surface area contributed by atoms with E-state index in [-0.39, 0.29) is 5.91 Å². The second-order valence-electron chi connectivity index (χ2n) is 4.07. The van der Waals surface area contributed by atoms with Crippen LogP contribution in [0.1, 0.15) is 39.0 Å². The molecular formula is C11H17NO. The predicted octanol–water partition coefficient (Wildman–Crippen LogP) is 2.31. The first kappa shape index (κ1) is 8.79. The van der Waals surface area contributed by atoms with Crippen LogP contribution in [-0.2, 0) is 4.79 Å². The van der Waals surface area contributed by atoms with E-state index in [2.05, 4.69) is 6.08 Å². The van der Waals surface area contributed by atoms with Crippen molar-refractivity contribution in [1.82, 2.24) is 4.90 Å². The normalized spacial score (nSPS) is 27.9. The molecule has 0 bridgehead atoms. The van der Waals surface area contributed by atoms with E-state index in [9.17, 15) is 4.79 Å². The van der Waals surface area contributed by atoms with Gasteiger partial charge in [0.05, 0.1) is 0 Å².